The summed E-state index contributed by atoms with van der Waals surface area (Å²) in [6.07, 6.45) is 2.40. The molecule has 0 radical (unpaired) electrons. The predicted molar refractivity (Wildman–Crippen MR) is 81.3 cm³/mol. The van der Waals surface area contributed by atoms with Crippen molar-refractivity contribution in [3.8, 4) is 11.8 Å². The zero-order chi connectivity index (χ0) is 16.3. The zero-order valence-corrected chi connectivity index (χ0v) is 13.6. The lowest BCUT2D eigenvalue weighted by molar-refractivity contribution is -0.139. The second-order valence-electron chi connectivity index (χ2n) is 6.58. The van der Waals surface area contributed by atoms with Crippen molar-refractivity contribution >= 4 is 5.97 Å². The van der Waals surface area contributed by atoms with Gasteiger partial charge in [0.1, 0.15) is 12.2 Å². The number of carbonyl (C=O) groups excluding carboxylic acids is 1. The highest BCUT2D eigenvalue weighted by Crippen LogP contribution is 2.46. The molecule has 0 aromatic rings. The molecular weight excluding hydrogens is 268 g/mol. The van der Waals surface area contributed by atoms with Gasteiger partial charge in [-0.15, -0.1) is 0 Å². The molecule has 0 aliphatic heterocycles. The highest BCUT2D eigenvalue weighted by Gasteiger charge is 2.51. The summed E-state index contributed by atoms with van der Waals surface area (Å²) in [5.41, 5.74) is -0.866. The Hall–Kier alpha value is -1.31. The van der Waals surface area contributed by atoms with E-state index in [4.69, 9.17) is 4.74 Å². The summed E-state index contributed by atoms with van der Waals surface area (Å²) in [7, 11) is 0. The molecule has 1 aliphatic rings. The summed E-state index contributed by atoms with van der Waals surface area (Å²) in [6, 6.07) is 0. The van der Waals surface area contributed by atoms with Crippen molar-refractivity contribution in [3.63, 3.8) is 0 Å². The van der Waals surface area contributed by atoms with Crippen molar-refractivity contribution < 1.29 is 19.7 Å². The molecule has 1 rings (SSSR count). The van der Waals surface area contributed by atoms with Gasteiger partial charge in [-0.05, 0) is 37.3 Å². The molecule has 2 N–H and O–H groups in total. The van der Waals surface area contributed by atoms with Gasteiger partial charge in [-0.2, -0.15) is 0 Å². The smallest absolute Gasteiger partial charge is 0.302 e. The second kappa shape index (κ2) is 6.64. The summed E-state index contributed by atoms with van der Waals surface area (Å²) < 4.78 is 4.83. The van der Waals surface area contributed by atoms with E-state index in [1.807, 2.05) is 27.7 Å². The number of allylic oxidation sites excluding steroid dienone is 1. The molecule has 0 amide bonds. The SMILES string of the molecule is CC(=O)OC/C=C(/C)C#C[C@@]1(O)[C@H](C)C[C@@H](O)CC1(C)C. The Bertz CT molecular complexity index is 481. The maximum absolute atomic E-state index is 11.0. The molecule has 118 valence electrons. The first-order valence-electron chi connectivity index (χ1n) is 7.32. The first-order valence-corrected chi connectivity index (χ1v) is 7.32. The van der Waals surface area contributed by atoms with E-state index in [9.17, 15) is 15.0 Å². The maximum atomic E-state index is 11.0. The van der Waals surface area contributed by atoms with Crippen molar-refractivity contribution in [2.24, 2.45) is 11.3 Å². The fourth-order valence-corrected chi connectivity index (χ4v) is 2.90. The minimum Gasteiger partial charge on any atom is -0.462 e. The minimum absolute atomic E-state index is 0.106. The van der Waals surface area contributed by atoms with Crippen LogP contribution in [0.3, 0.4) is 0 Å². The highest BCUT2D eigenvalue weighted by atomic mass is 16.5. The normalized spacial score (nSPS) is 32.0. The highest BCUT2D eigenvalue weighted by molar-refractivity contribution is 5.66. The maximum Gasteiger partial charge on any atom is 0.302 e. The molecular formula is C17H26O4. The van der Waals surface area contributed by atoms with E-state index in [1.165, 1.54) is 6.92 Å². The van der Waals surface area contributed by atoms with Gasteiger partial charge in [0.05, 0.1) is 6.10 Å². The Morgan fingerprint density at radius 1 is 1.43 bits per heavy atom. The number of aliphatic hydroxyl groups excluding tert-OH is 1. The summed E-state index contributed by atoms with van der Waals surface area (Å²) >= 11 is 0. The Balaban J connectivity index is 2.89. The Labute approximate surface area is 127 Å². The zero-order valence-electron chi connectivity index (χ0n) is 13.6. The Kier molecular flexibility index (Phi) is 5.61. The molecule has 21 heavy (non-hydrogen) atoms. The van der Waals surface area contributed by atoms with Crippen LogP contribution >= 0.6 is 0 Å². The van der Waals surface area contributed by atoms with Gasteiger partial charge in [-0.25, -0.2) is 0 Å². The summed E-state index contributed by atoms with van der Waals surface area (Å²) in [4.78, 5) is 10.7. The van der Waals surface area contributed by atoms with Crippen LogP contribution < -0.4 is 0 Å². The quantitative estimate of drug-likeness (QED) is 0.604. The van der Waals surface area contributed by atoms with Gasteiger partial charge in [-0.3, -0.25) is 4.79 Å². The second-order valence-corrected chi connectivity index (χ2v) is 6.58. The first-order chi connectivity index (χ1) is 9.58. The van der Waals surface area contributed by atoms with Crippen molar-refractivity contribution in [1.82, 2.24) is 0 Å². The topological polar surface area (TPSA) is 66.8 Å². The van der Waals surface area contributed by atoms with E-state index in [-0.39, 0.29) is 18.5 Å². The van der Waals surface area contributed by atoms with Crippen LogP contribution in [0, 0.1) is 23.2 Å². The molecule has 4 heteroatoms. The Morgan fingerprint density at radius 2 is 2.05 bits per heavy atom. The van der Waals surface area contributed by atoms with E-state index in [2.05, 4.69) is 11.8 Å². The third-order valence-electron chi connectivity index (χ3n) is 4.24. The van der Waals surface area contributed by atoms with Gasteiger partial charge in [0.2, 0.25) is 0 Å². The monoisotopic (exact) mass is 294 g/mol. The molecule has 1 fully saturated rings. The third kappa shape index (κ3) is 4.33. The van der Waals surface area contributed by atoms with Crippen molar-refractivity contribution in [2.75, 3.05) is 6.61 Å². The molecule has 0 spiro atoms. The first kappa shape index (κ1) is 17.7. The van der Waals surface area contributed by atoms with E-state index < -0.39 is 17.1 Å². The average molecular weight is 294 g/mol. The van der Waals surface area contributed by atoms with Gasteiger partial charge < -0.3 is 14.9 Å². The van der Waals surface area contributed by atoms with Crippen molar-refractivity contribution in [3.05, 3.63) is 11.6 Å². The van der Waals surface area contributed by atoms with E-state index in [0.29, 0.717) is 12.8 Å². The third-order valence-corrected chi connectivity index (χ3v) is 4.24. The standard InChI is InChI=1S/C17H26O4/c1-12(7-9-21-14(3)18)6-8-17(20)13(2)10-15(19)11-16(17,4)5/h7,13,15,19-20H,9-11H2,1-5H3/b12-7-/t13-,15-,17-/m1/s1. The number of hydrogen-bond donors (Lipinski definition) is 2. The lowest BCUT2D eigenvalue weighted by atomic mass is 9.60. The fourth-order valence-electron chi connectivity index (χ4n) is 2.90. The molecule has 4 nitrogen and oxygen atoms in total. The number of hydrogen-bond acceptors (Lipinski definition) is 4. The molecule has 0 unspecified atom stereocenters. The minimum atomic E-state index is -1.14. The van der Waals surface area contributed by atoms with E-state index >= 15 is 0 Å². The Morgan fingerprint density at radius 3 is 2.57 bits per heavy atom. The average Bonchev–Trinajstić information content (AvgIpc) is 2.32. The van der Waals surface area contributed by atoms with Crippen LogP contribution in [0.25, 0.3) is 0 Å². The van der Waals surface area contributed by atoms with Crippen molar-refractivity contribution in [2.45, 2.75) is 59.2 Å². The van der Waals surface area contributed by atoms with Gasteiger partial charge in [0.15, 0.2) is 0 Å². The molecule has 0 heterocycles. The van der Waals surface area contributed by atoms with Crippen LogP contribution in [0.1, 0.15) is 47.5 Å². The van der Waals surface area contributed by atoms with Crippen LogP contribution in [0.15, 0.2) is 11.6 Å². The number of ether oxygens (including phenoxy) is 1. The molecule has 3 atom stereocenters. The predicted octanol–water partition coefficient (Wildman–Crippen LogP) is 2.05. The largest absolute Gasteiger partial charge is 0.462 e. The summed E-state index contributed by atoms with van der Waals surface area (Å²) in [6.45, 7) is 9.13. The van der Waals surface area contributed by atoms with Crippen LogP contribution in [-0.4, -0.2) is 34.5 Å². The number of esters is 1. The van der Waals surface area contributed by atoms with Crippen LogP contribution in [0.2, 0.25) is 0 Å². The van der Waals surface area contributed by atoms with Gasteiger partial charge in [0.25, 0.3) is 0 Å². The molecule has 1 aliphatic carbocycles. The van der Waals surface area contributed by atoms with Crippen molar-refractivity contribution in [1.29, 1.82) is 0 Å². The summed E-state index contributed by atoms with van der Waals surface area (Å²) in [5.74, 6) is 5.50. The number of rotatable bonds is 2. The van der Waals surface area contributed by atoms with Crippen LogP contribution in [0.5, 0.6) is 0 Å². The molecule has 1 saturated carbocycles. The summed E-state index contributed by atoms with van der Waals surface area (Å²) in [5, 5.41) is 20.8. The van der Waals surface area contributed by atoms with Gasteiger partial charge in [0, 0.05) is 12.3 Å². The van der Waals surface area contributed by atoms with E-state index in [1.54, 1.807) is 6.08 Å². The fraction of sp³-hybridized carbons (Fsp3) is 0.706. The molecule has 0 saturated heterocycles. The number of carbonyl (C=O) groups is 1. The van der Waals surface area contributed by atoms with Gasteiger partial charge >= 0.3 is 5.97 Å². The lowest BCUT2D eigenvalue weighted by Gasteiger charge is -2.48. The van der Waals surface area contributed by atoms with E-state index in [0.717, 1.165) is 5.57 Å². The number of aliphatic hydroxyl groups is 2. The molecule has 0 bridgehead atoms. The van der Waals surface area contributed by atoms with Gasteiger partial charge in [-0.1, -0.05) is 32.6 Å². The lowest BCUT2D eigenvalue weighted by Crippen LogP contribution is -2.54. The molecule has 0 aromatic heterocycles. The van der Waals surface area contributed by atoms with Crippen LogP contribution in [-0.2, 0) is 9.53 Å². The molecule has 0 aromatic carbocycles. The van der Waals surface area contributed by atoms with Crippen LogP contribution in [0.4, 0.5) is 0 Å².